The molecule has 0 saturated heterocycles. The molecule has 2 atom stereocenters. The fourth-order valence-electron chi connectivity index (χ4n) is 6.29. The first-order chi connectivity index (χ1) is 17.7. The highest BCUT2D eigenvalue weighted by molar-refractivity contribution is 6.20. The van der Waals surface area contributed by atoms with Gasteiger partial charge in [0.1, 0.15) is 34.5 Å². The Morgan fingerprint density at radius 2 is 1.61 bits per heavy atom. The van der Waals surface area contributed by atoms with Gasteiger partial charge < -0.3 is 19.7 Å². The summed E-state index contributed by atoms with van der Waals surface area (Å²) in [5, 5.41) is 22.4. The molecule has 0 amide bonds. The molecule has 7 heteroatoms. The van der Waals surface area contributed by atoms with Gasteiger partial charge in [-0.25, -0.2) is 0 Å². The third-order valence-electron chi connectivity index (χ3n) is 8.50. The zero-order valence-corrected chi connectivity index (χ0v) is 22.9. The standard InChI is InChI=1S/C31H34O7/c1-15(2)31-22(21-26(35)29(4,5)28(36)30(6,7)27(21)38-31)20-24(34)16(3)23(33)19(25(20)37-31)18(32)14-13-17-11-9-8-10-12-17/h8-12,15,22,33-34H,13-14H2,1-7H3/t22-,31-/m1/s1. The van der Waals surface area contributed by atoms with Crippen LogP contribution in [0.4, 0.5) is 0 Å². The molecule has 2 aromatic rings. The number of phenols is 2. The number of fused-ring (bicyclic) bond motifs is 4. The van der Waals surface area contributed by atoms with E-state index in [0.717, 1.165) is 5.56 Å². The number of ether oxygens (including phenoxy) is 2. The summed E-state index contributed by atoms with van der Waals surface area (Å²) < 4.78 is 13.0. The number of Topliss-reactive ketones (excluding diaryl/α,β-unsaturated/α-hetero) is 3. The van der Waals surface area contributed by atoms with Gasteiger partial charge in [-0.2, -0.15) is 0 Å². The average molecular weight is 519 g/mol. The number of benzene rings is 2. The molecule has 0 bridgehead atoms. The second-order valence-corrected chi connectivity index (χ2v) is 12.0. The molecule has 0 spiro atoms. The quantitative estimate of drug-likeness (QED) is 0.395. The van der Waals surface area contributed by atoms with Crippen molar-refractivity contribution in [2.24, 2.45) is 16.7 Å². The van der Waals surface area contributed by atoms with Crippen LogP contribution >= 0.6 is 0 Å². The number of allylic oxidation sites excluding steroid dienone is 1. The summed E-state index contributed by atoms with van der Waals surface area (Å²) in [5.41, 5.74) is -0.794. The van der Waals surface area contributed by atoms with E-state index in [0.29, 0.717) is 6.42 Å². The predicted molar refractivity (Wildman–Crippen MR) is 140 cm³/mol. The molecule has 5 rings (SSSR count). The van der Waals surface area contributed by atoms with Crippen molar-refractivity contribution in [2.75, 3.05) is 0 Å². The van der Waals surface area contributed by atoms with Crippen LogP contribution in [-0.4, -0.2) is 33.3 Å². The number of hydrogen-bond donors (Lipinski definition) is 2. The van der Waals surface area contributed by atoms with E-state index in [1.165, 1.54) is 6.92 Å². The van der Waals surface area contributed by atoms with E-state index < -0.39 is 22.5 Å². The topological polar surface area (TPSA) is 110 Å². The molecular formula is C31H34O7. The smallest absolute Gasteiger partial charge is 0.264 e. The van der Waals surface area contributed by atoms with E-state index in [9.17, 15) is 24.6 Å². The third-order valence-corrected chi connectivity index (χ3v) is 8.50. The molecule has 0 radical (unpaired) electrons. The van der Waals surface area contributed by atoms with Gasteiger partial charge in [-0.15, -0.1) is 0 Å². The van der Waals surface area contributed by atoms with E-state index in [2.05, 4.69) is 0 Å². The number of aromatic hydroxyl groups is 2. The summed E-state index contributed by atoms with van der Waals surface area (Å²) >= 11 is 0. The van der Waals surface area contributed by atoms with Crippen LogP contribution in [0.3, 0.4) is 0 Å². The van der Waals surface area contributed by atoms with Crippen molar-refractivity contribution in [2.45, 2.75) is 73.0 Å². The summed E-state index contributed by atoms with van der Waals surface area (Å²) in [7, 11) is 0. The minimum Gasteiger partial charge on any atom is -0.507 e. The number of ketones is 3. The highest BCUT2D eigenvalue weighted by atomic mass is 16.7. The lowest BCUT2D eigenvalue weighted by molar-refractivity contribution is -0.177. The molecule has 2 aromatic carbocycles. The molecular weight excluding hydrogens is 484 g/mol. The molecule has 0 unspecified atom stereocenters. The second-order valence-electron chi connectivity index (χ2n) is 12.0. The molecule has 3 aliphatic rings. The van der Waals surface area contributed by atoms with Gasteiger partial charge >= 0.3 is 0 Å². The van der Waals surface area contributed by atoms with Crippen LogP contribution in [0.5, 0.6) is 17.2 Å². The van der Waals surface area contributed by atoms with Gasteiger partial charge in [-0.1, -0.05) is 44.2 Å². The van der Waals surface area contributed by atoms with Crippen LogP contribution < -0.4 is 4.74 Å². The fraction of sp³-hybridized carbons (Fsp3) is 0.452. The Morgan fingerprint density at radius 1 is 0.974 bits per heavy atom. The second kappa shape index (κ2) is 8.19. The first-order valence-corrected chi connectivity index (χ1v) is 13.1. The summed E-state index contributed by atoms with van der Waals surface area (Å²) in [5.74, 6) is -3.98. The number of aryl methyl sites for hydroxylation is 1. The van der Waals surface area contributed by atoms with Crippen LogP contribution in [0.2, 0.25) is 0 Å². The van der Waals surface area contributed by atoms with Crippen LogP contribution in [0, 0.1) is 23.7 Å². The van der Waals surface area contributed by atoms with E-state index in [-0.39, 0.29) is 75.0 Å². The number of phenolic OH excluding ortho intramolecular Hbond substituents is 2. The normalized spacial score (nSPS) is 24.6. The largest absolute Gasteiger partial charge is 0.507 e. The number of carbonyl (C=O) groups is 3. The summed E-state index contributed by atoms with van der Waals surface area (Å²) in [6.45, 7) is 11.9. The first-order valence-electron chi connectivity index (χ1n) is 13.1. The molecule has 2 aliphatic heterocycles. The maximum atomic E-state index is 13.9. The lowest BCUT2D eigenvalue weighted by Gasteiger charge is -2.38. The van der Waals surface area contributed by atoms with Gasteiger partial charge in [0.25, 0.3) is 5.79 Å². The molecule has 38 heavy (non-hydrogen) atoms. The van der Waals surface area contributed by atoms with Crippen LogP contribution in [0.25, 0.3) is 0 Å². The Balaban J connectivity index is 1.71. The third kappa shape index (κ3) is 3.23. The fourth-order valence-corrected chi connectivity index (χ4v) is 6.29. The van der Waals surface area contributed by atoms with Crippen molar-refractivity contribution in [3.63, 3.8) is 0 Å². The first kappa shape index (κ1) is 26.0. The van der Waals surface area contributed by atoms with Crippen molar-refractivity contribution in [1.82, 2.24) is 0 Å². The maximum Gasteiger partial charge on any atom is 0.264 e. The van der Waals surface area contributed by atoms with Gasteiger partial charge in [0.2, 0.25) is 0 Å². The minimum absolute atomic E-state index is 0.0238. The van der Waals surface area contributed by atoms with Crippen molar-refractivity contribution in [3.05, 3.63) is 63.9 Å². The van der Waals surface area contributed by atoms with E-state index >= 15 is 0 Å². The Kier molecular flexibility index (Phi) is 5.61. The summed E-state index contributed by atoms with van der Waals surface area (Å²) in [6.07, 6.45) is 0.570. The average Bonchev–Trinajstić information content (AvgIpc) is 3.38. The van der Waals surface area contributed by atoms with Gasteiger partial charge in [-0.3, -0.25) is 14.4 Å². The van der Waals surface area contributed by atoms with Crippen LogP contribution in [-0.2, 0) is 20.7 Å². The molecule has 200 valence electrons. The minimum atomic E-state index is -1.47. The van der Waals surface area contributed by atoms with Crippen molar-refractivity contribution in [3.8, 4) is 17.2 Å². The van der Waals surface area contributed by atoms with Gasteiger partial charge in [0.15, 0.2) is 17.3 Å². The van der Waals surface area contributed by atoms with E-state index in [4.69, 9.17) is 9.47 Å². The van der Waals surface area contributed by atoms with E-state index in [1.54, 1.807) is 27.7 Å². The summed E-state index contributed by atoms with van der Waals surface area (Å²) in [4.78, 5) is 40.8. The Hall–Kier alpha value is -3.61. The highest BCUT2D eigenvalue weighted by Gasteiger charge is 2.69. The zero-order valence-electron chi connectivity index (χ0n) is 22.9. The zero-order chi connectivity index (χ0) is 27.9. The lowest BCUT2D eigenvalue weighted by atomic mass is 9.61. The monoisotopic (exact) mass is 518 g/mol. The molecule has 0 saturated carbocycles. The number of carbonyl (C=O) groups excluding carboxylic acids is 3. The highest BCUT2D eigenvalue weighted by Crippen LogP contribution is 2.66. The lowest BCUT2D eigenvalue weighted by Crippen LogP contribution is -2.48. The number of rotatable bonds is 5. The predicted octanol–water partition coefficient (Wildman–Crippen LogP) is 5.54. The molecule has 0 fully saturated rings. The number of hydrogen-bond acceptors (Lipinski definition) is 7. The molecule has 2 N–H and O–H groups in total. The summed E-state index contributed by atoms with van der Waals surface area (Å²) in [6, 6.07) is 9.55. The Labute approximate surface area is 222 Å². The van der Waals surface area contributed by atoms with Gasteiger partial charge in [-0.05, 0) is 46.6 Å². The van der Waals surface area contributed by atoms with Gasteiger partial charge in [0, 0.05) is 17.9 Å². The van der Waals surface area contributed by atoms with Gasteiger partial charge in [0.05, 0.1) is 22.0 Å². The van der Waals surface area contributed by atoms with Crippen molar-refractivity contribution < 1.29 is 34.1 Å². The molecule has 2 heterocycles. The van der Waals surface area contributed by atoms with E-state index in [1.807, 2.05) is 44.2 Å². The molecule has 7 nitrogen and oxygen atoms in total. The van der Waals surface area contributed by atoms with Crippen LogP contribution in [0.1, 0.15) is 80.9 Å². The molecule has 1 aliphatic carbocycles. The Bertz CT molecular complexity index is 1430. The maximum absolute atomic E-state index is 13.9. The Morgan fingerprint density at radius 3 is 2.21 bits per heavy atom. The SMILES string of the molecule is Cc1c(O)c(C(=O)CCc2ccccc2)c2c(c1O)[C@@H]1C3=C(O[C@@]1(C(C)C)O2)C(C)(C)C(=O)C(C)(C)C3=O. The molecule has 0 aromatic heterocycles. The van der Waals surface area contributed by atoms with Crippen LogP contribution in [0.15, 0.2) is 41.7 Å². The van der Waals surface area contributed by atoms with Crippen molar-refractivity contribution >= 4 is 17.3 Å². The van der Waals surface area contributed by atoms with Crippen molar-refractivity contribution in [1.29, 1.82) is 0 Å².